The molecule has 0 atom stereocenters. The standard InChI is InChI=1S/C24H22FN3O2/c25-20-11-6-10-19(16-20)23(29)26-21-12-4-5-13-22(21)28-15-7-14-27(24(28)30)17-18-8-2-1-3-9-18/h1-6,8-13,16H,7,14-15,17H2,(H,26,29). The highest BCUT2D eigenvalue weighted by atomic mass is 19.1. The second-order valence-corrected chi connectivity index (χ2v) is 7.18. The van der Waals surface area contributed by atoms with Crippen molar-refractivity contribution in [1.29, 1.82) is 0 Å². The summed E-state index contributed by atoms with van der Waals surface area (Å²) >= 11 is 0. The van der Waals surface area contributed by atoms with Crippen LogP contribution in [0.1, 0.15) is 22.3 Å². The van der Waals surface area contributed by atoms with Gasteiger partial charge in [-0.25, -0.2) is 9.18 Å². The van der Waals surface area contributed by atoms with Gasteiger partial charge in [0.05, 0.1) is 11.4 Å². The van der Waals surface area contributed by atoms with E-state index < -0.39 is 11.7 Å². The molecular weight excluding hydrogens is 381 g/mol. The van der Waals surface area contributed by atoms with Gasteiger partial charge in [-0.3, -0.25) is 9.69 Å². The Morgan fingerprint density at radius 2 is 1.70 bits per heavy atom. The van der Waals surface area contributed by atoms with Crippen molar-refractivity contribution in [1.82, 2.24) is 4.90 Å². The average Bonchev–Trinajstić information content (AvgIpc) is 2.76. The van der Waals surface area contributed by atoms with Gasteiger partial charge in [0.1, 0.15) is 5.82 Å². The van der Waals surface area contributed by atoms with E-state index in [2.05, 4.69) is 5.32 Å². The number of amides is 3. The first-order valence-electron chi connectivity index (χ1n) is 9.88. The van der Waals surface area contributed by atoms with Gasteiger partial charge in [0.15, 0.2) is 0 Å². The Kier molecular flexibility index (Phi) is 5.75. The molecule has 0 spiro atoms. The zero-order chi connectivity index (χ0) is 20.9. The van der Waals surface area contributed by atoms with Crippen LogP contribution in [0, 0.1) is 5.82 Å². The topological polar surface area (TPSA) is 52.7 Å². The van der Waals surface area contributed by atoms with Crippen LogP contribution in [0.15, 0.2) is 78.9 Å². The summed E-state index contributed by atoms with van der Waals surface area (Å²) in [5, 5.41) is 2.82. The SMILES string of the molecule is O=C(Nc1ccccc1N1CCCN(Cc2ccccc2)C1=O)c1cccc(F)c1. The van der Waals surface area contributed by atoms with Crippen LogP contribution in [0.3, 0.4) is 0 Å². The first kappa shape index (κ1) is 19.6. The molecule has 1 saturated heterocycles. The van der Waals surface area contributed by atoms with E-state index in [1.165, 1.54) is 18.2 Å². The van der Waals surface area contributed by atoms with Gasteiger partial charge < -0.3 is 10.2 Å². The van der Waals surface area contributed by atoms with Crippen molar-refractivity contribution in [3.63, 3.8) is 0 Å². The molecule has 6 heteroatoms. The Bertz CT molecular complexity index is 1060. The van der Waals surface area contributed by atoms with Gasteiger partial charge >= 0.3 is 6.03 Å². The smallest absolute Gasteiger partial charge is 0.320 e. The molecule has 3 amide bonds. The summed E-state index contributed by atoms with van der Waals surface area (Å²) in [5.74, 6) is -0.897. The van der Waals surface area contributed by atoms with Gasteiger partial charge in [0.25, 0.3) is 5.91 Å². The zero-order valence-electron chi connectivity index (χ0n) is 16.4. The van der Waals surface area contributed by atoms with E-state index in [-0.39, 0.29) is 11.6 Å². The van der Waals surface area contributed by atoms with Crippen molar-refractivity contribution in [2.45, 2.75) is 13.0 Å². The molecule has 0 saturated carbocycles. The minimum Gasteiger partial charge on any atom is -0.320 e. The predicted octanol–water partition coefficient (Wildman–Crippen LogP) is 4.91. The molecule has 0 aromatic heterocycles. The maximum absolute atomic E-state index is 13.5. The third kappa shape index (κ3) is 4.33. The van der Waals surface area contributed by atoms with E-state index in [0.29, 0.717) is 31.0 Å². The summed E-state index contributed by atoms with van der Waals surface area (Å²) in [5.41, 5.74) is 2.44. The number of nitrogens with one attached hydrogen (secondary N) is 1. The second-order valence-electron chi connectivity index (χ2n) is 7.18. The maximum atomic E-state index is 13.5. The fourth-order valence-corrected chi connectivity index (χ4v) is 3.59. The highest BCUT2D eigenvalue weighted by molar-refractivity contribution is 6.07. The fourth-order valence-electron chi connectivity index (χ4n) is 3.59. The van der Waals surface area contributed by atoms with E-state index >= 15 is 0 Å². The molecule has 3 aromatic carbocycles. The largest absolute Gasteiger partial charge is 0.324 e. The predicted molar refractivity (Wildman–Crippen MR) is 115 cm³/mol. The zero-order valence-corrected chi connectivity index (χ0v) is 16.4. The molecule has 0 bridgehead atoms. The molecule has 0 radical (unpaired) electrons. The maximum Gasteiger partial charge on any atom is 0.324 e. The average molecular weight is 403 g/mol. The van der Waals surface area contributed by atoms with E-state index in [1.807, 2.05) is 47.4 Å². The van der Waals surface area contributed by atoms with E-state index in [9.17, 15) is 14.0 Å². The lowest BCUT2D eigenvalue weighted by molar-refractivity contribution is 0.102. The van der Waals surface area contributed by atoms with Crippen molar-refractivity contribution in [3.8, 4) is 0 Å². The Morgan fingerprint density at radius 3 is 2.50 bits per heavy atom. The first-order valence-corrected chi connectivity index (χ1v) is 9.88. The number of rotatable bonds is 5. The molecule has 1 N–H and O–H groups in total. The summed E-state index contributed by atoms with van der Waals surface area (Å²) in [6, 6.07) is 22.5. The third-order valence-corrected chi connectivity index (χ3v) is 5.06. The highest BCUT2D eigenvalue weighted by Crippen LogP contribution is 2.29. The van der Waals surface area contributed by atoms with Crippen molar-refractivity contribution < 1.29 is 14.0 Å². The van der Waals surface area contributed by atoms with Gasteiger partial charge in [-0.05, 0) is 42.3 Å². The normalized spacial score (nSPS) is 14.0. The first-order chi connectivity index (χ1) is 14.6. The number of urea groups is 1. The summed E-state index contributed by atoms with van der Waals surface area (Å²) in [6.07, 6.45) is 0.824. The number of carbonyl (C=O) groups is 2. The number of nitrogens with zero attached hydrogens (tertiary/aromatic N) is 2. The number of halogens is 1. The van der Waals surface area contributed by atoms with Crippen LogP contribution in [0.2, 0.25) is 0 Å². The lowest BCUT2D eigenvalue weighted by Crippen LogP contribution is -2.49. The van der Waals surface area contributed by atoms with Crippen molar-refractivity contribution in [3.05, 3.63) is 95.8 Å². The van der Waals surface area contributed by atoms with E-state index in [0.717, 1.165) is 12.0 Å². The summed E-state index contributed by atoms with van der Waals surface area (Å²) < 4.78 is 13.5. The van der Waals surface area contributed by atoms with Gasteiger partial charge in [0.2, 0.25) is 0 Å². The monoisotopic (exact) mass is 403 g/mol. The number of para-hydroxylation sites is 2. The number of benzene rings is 3. The molecule has 152 valence electrons. The summed E-state index contributed by atoms with van der Waals surface area (Å²) in [4.78, 5) is 29.3. The molecule has 0 unspecified atom stereocenters. The number of hydrogen-bond donors (Lipinski definition) is 1. The summed E-state index contributed by atoms with van der Waals surface area (Å²) in [7, 11) is 0. The number of anilines is 2. The van der Waals surface area contributed by atoms with Crippen LogP contribution >= 0.6 is 0 Å². The van der Waals surface area contributed by atoms with E-state index in [4.69, 9.17) is 0 Å². The molecule has 1 fully saturated rings. The Balaban J connectivity index is 1.55. The van der Waals surface area contributed by atoms with Crippen molar-refractivity contribution >= 4 is 23.3 Å². The van der Waals surface area contributed by atoms with Gasteiger partial charge in [-0.1, -0.05) is 48.5 Å². The third-order valence-electron chi connectivity index (χ3n) is 5.06. The van der Waals surface area contributed by atoms with Gasteiger partial charge in [-0.15, -0.1) is 0 Å². The Morgan fingerprint density at radius 1 is 0.933 bits per heavy atom. The minimum atomic E-state index is -0.473. The number of carbonyl (C=O) groups excluding carboxylic acids is 2. The Labute approximate surface area is 174 Å². The number of hydrogen-bond acceptors (Lipinski definition) is 2. The lowest BCUT2D eigenvalue weighted by Gasteiger charge is -2.36. The van der Waals surface area contributed by atoms with E-state index in [1.54, 1.807) is 23.1 Å². The molecule has 4 rings (SSSR count). The van der Waals surface area contributed by atoms with Crippen molar-refractivity contribution in [2.24, 2.45) is 0 Å². The van der Waals surface area contributed by atoms with Crippen molar-refractivity contribution in [2.75, 3.05) is 23.3 Å². The molecule has 3 aromatic rings. The molecule has 1 aliphatic rings. The van der Waals surface area contributed by atoms with Gasteiger partial charge in [0, 0.05) is 25.2 Å². The molecule has 1 aliphatic heterocycles. The van der Waals surface area contributed by atoms with Crippen LogP contribution < -0.4 is 10.2 Å². The highest BCUT2D eigenvalue weighted by Gasteiger charge is 2.28. The summed E-state index contributed by atoms with van der Waals surface area (Å²) in [6.45, 7) is 1.78. The van der Waals surface area contributed by atoms with Crippen LogP contribution in [-0.4, -0.2) is 29.9 Å². The minimum absolute atomic E-state index is 0.0995. The van der Waals surface area contributed by atoms with Crippen LogP contribution in [0.4, 0.5) is 20.6 Å². The molecule has 0 aliphatic carbocycles. The Hall–Kier alpha value is -3.67. The quantitative estimate of drug-likeness (QED) is 0.658. The van der Waals surface area contributed by atoms with Crippen LogP contribution in [0.25, 0.3) is 0 Å². The van der Waals surface area contributed by atoms with Gasteiger partial charge in [-0.2, -0.15) is 0 Å². The second kappa shape index (κ2) is 8.78. The molecule has 30 heavy (non-hydrogen) atoms. The van der Waals surface area contributed by atoms with Crippen LogP contribution in [-0.2, 0) is 6.54 Å². The molecule has 5 nitrogen and oxygen atoms in total. The van der Waals surface area contributed by atoms with Crippen LogP contribution in [0.5, 0.6) is 0 Å². The molecular formula is C24H22FN3O2. The fraction of sp³-hybridized carbons (Fsp3) is 0.167. The molecule has 1 heterocycles. The lowest BCUT2D eigenvalue weighted by atomic mass is 10.1.